The van der Waals surface area contributed by atoms with Crippen molar-refractivity contribution in [1.82, 2.24) is 0 Å². The van der Waals surface area contributed by atoms with Crippen molar-refractivity contribution in [3.63, 3.8) is 0 Å². The highest BCUT2D eigenvalue weighted by Gasteiger charge is 2.45. The Balaban J connectivity index is 5.03. The third-order valence-corrected chi connectivity index (χ3v) is 2.17. The molecule has 0 unspecified atom stereocenters. The normalized spacial score (nSPS) is 15.7. The number of carboxylic acids is 1. The van der Waals surface area contributed by atoms with E-state index in [0.717, 1.165) is 0 Å². The Morgan fingerprint density at radius 3 is 1.50 bits per heavy atom. The molecule has 0 amide bonds. The molecule has 0 aromatic carbocycles. The first kappa shape index (κ1) is 13.4. The minimum atomic E-state index is -1.35. The van der Waals surface area contributed by atoms with Gasteiger partial charge in [0.25, 0.3) is 0 Å². The summed E-state index contributed by atoms with van der Waals surface area (Å²) in [6, 6.07) is -1.30. The number of carboxylic acid groups (broad SMARTS) is 1. The van der Waals surface area contributed by atoms with Gasteiger partial charge in [-0.15, -0.1) is 0 Å². The first-order chi connectivity index (χ1) is 5.98. The van der Waals surface area contributed by atoms with E-state index in [4.69, 9.17) is 10.8 Å². The highest BCUT2D eigenvalue weighted by atomic mass is 16.4. The minimum absolute atomic E-state index is 0.938. The van der Waals surface area contributed by atoms with E-state index in [-0.39, 0.29) is 0 Å². The van der Waals surface area contributed by atoms with E-state index < -0.39 is 29.1 Å². The van der Waals surface area contributed by atoms with Gasteiger partial charge in [-0.2, -0.15) is 0 Å². The summed E-state index contributed by atoms with van der Waals surface area (Å²) < 4.78 is 0. The maximum Gasteiger partial charge on any atom is 0.320 e. The van der Waals surface area contributed by atoms with Crippen LogP contribution in [0.4, 0.5) is 0 Å². The molecule has 0 fully saturated rings. The molecule has 5 heteroatoms. The highest BCUT2D eigenvalue weighted by molar-refractivity contribution is 5.74. The van der Waals surface area contributed by atoms with Gasteiger partial charge in [-0.3, -0.25) is 4.79 Å². The van der Waals surface area contributed by atoms with E-state index in [0.29, 0.717) is 0 Å². The molecule has 0 radical (unpaired) electrons. The lowest BCUT2D eigenvalue weighted by Gasteiger charge is -2.40. The summed E-state index contributed by atoms with van der Waals surface area (Å²) in [7, 11) is 0. The molecule has 0 rings (SSSR count). The lowest BCUT2D eigenvalue weighted by molar-refractivity contribution is -0.152. The zero-order chi connectivity index (χ0) is 11.7. The van der Waals surface area contributed by atoms with Gasteiger partial charge in [-0.05, 0) is 27.7 Å². The van der Waals surface area contributed by atoms with Crippen molar-refractivity contribution in [3.05, 3.63) is 0 Å². The number of hydrogen-bond donors (Lipinski definition) is 4. The molecule has 0 aromatic heterocycles. The first-order valence-corrected chi connectivity index (χ1v) is 4.41. The average Bonchev–Trinajstić information content (AvgIpc) is 1.79. The van der Waals surface area contributed by atoms with E-state index in [1.54, 1.807) is 0 Å². The number of aliphatic hydroxyl groups is 2. The quantitative estimate of drug-likeness (QED) is 0.498. The summed E-state index contributed by atoms with van der Waals surface area (Å²) in [4.78, 5) is 10.7. The van der Waals surface area contributed by atoms with Crippen LogP contribution >= 0.6 is 0 Å². The summed E-state index contributed by atoms with van der Waals surface area (Å²) >= 11 is 0. The van der Waals surface area contributed by atoms with Gasteiger partial charge in [0.05, 0.1) is 11.2 Å². The van der Waals surface area contributed by atoms with Crippen molar-refractivity contribution in [2.24, 2.45) is 11.7 Å². The third kappa shape index (κ3) is 3.25. The van der Waals surface area contributed by atoms with Gasteiger partial charge < -0.3 is 21.1 Å². The topological polar surface area (TPSA) is 104 Å². The molecule has 0 heterocycles. The van der Waals surface area contributed by atoms with Crippen LogP contribution in [0.5, 0.6) is 0 Å². The fraction of sp³-hybridized carbons (Fsp3) is 0.889. The predicted molar refractivity (Wildman–Crippen MR) is 51.7 cm³/mol. The third-order valence-electron chi connectivity index (χ3n) is 2.17. The lowest BCUT2D eigenvalue weighted by atomic mass is 9.74. The molecule has 0 aliphatic carbocycles. The van der Waals surface area contributed by atoms with Crippen molar-refractivity contribution in [3.8, 4) is 0 Å². The Hall–Kier alpha value is -0.650. The molecule has 84 valence electrons. The van der Waals surface area contributed by atoms with Gasteiger partial charge in [-0.1, -0.05) is 0 Å². The standard InChI is InChI=1S/C9H19NO4/c1-8(2,13)6(9(3,4)14)5(10)7(11)12/h5-6,13-14H,10H2,1-4H3,(H,11,12)/t5-/m0/s1. The van der Waals surface area contributed by atoms with Crippen molar-refractivity contribution < 1.29 is 20.1 Å². The van der Waals surface area contributed by atoms with Crippen LogP contribution in [0.1, 0.15) is 27.7 Å². The van der Waals surface area contributed by atoms with Crippen LogP contribution in [-0.2, 0) is 4.79 Å². The summed E-state index contributed by atoms with van der Waals surface area (Å²) in [5.74, 6) is -2.17. The van der Waals surface area contributed by atoms with Gasteiger partial charge in [-0.25, -0.2) is 0 Å². The molecule has 5 N–H and O–H groups in total. The fourth-order valence-electron chi connectivity index (χ4n) is 1.89. The molecule has 0 aliphatic rings. The van der Waals surface area contributed by atoms with E-state index >= 15 is 0 Å². The number of nitrogens with two attached hydrogens (primary N) is 1. The zero-order valence-electron chi connectivity index (χ0n) is 8.98. The van der Waals surface area contributed by atoms with Crippen LogP contribution in [0.3, 0.4) is 0 Å². The maximum atomic E-state index is 10.7. The first-order valence-electron chi connectivity index (χ1n) is 4.41. The van der Waals surface area contributed by atoms with E-state index in [2.05, 4.69) is 0 Å². The lowest BCUT2D eigenvalue weighted by Crippen LogP contribution is -2.57. The largest absolute Gasteiger partial charge is 0.480 e. The van der Waals surface area contributed by atoms with Crippen LogP contribution in [0.15, 0.2) is 0 Å². The van der Waals surface area contributed by atoms with Crippen molar-refractivity contribution in [1.29, 1.82) is 0 Å². The Bertz CT molecular complexity index is 200. The van der Waals surface area contributed by atoms with Crippen LogP contribution in [-0.4, -0.2) is 38.5 Å². The van der Waals surface area contributed by atoms with Crippen LogP contribution in [0.2, 0.25) is 0 Å². The van der Waals surface area contributed by atoms with Gasteiger partial charge in [0.2, 0.25) is 0 Å². The van der Waals surface area contributed by atoms with E-state index in [1.165, 1.54) is 27.7 Å². The molecule has 0 saturated carbocycles. The van der Waals surface area contributed by atoms with Crippen molar-refractivity contribution >= 4 is 5.97 Å². The Kier molecular flexibility index (Phi) is 3.66. The maximum absolute atomic E-state index is 10.7. The molecular weight excluding hydrogens is 186 g/mol. The molecule has 1 atom stereocenters. The van der Waals surface area contributed by atoms with Crippen molar-refractivity contribution in [2.75, 3.05) is 0 Å². The molecule has 0 saturated heterocycles. The van der Waals surface area contributed by atoms with Gasteiger partial charge in [0.15, 0.2) is 0 Å². The number of rotatable bonds is 4. The zero-order valence-corrected chi connectivity index (χ0v) is 8.98. The van der Waals surface area contributed by atoms with Crippen LogP contribution in [0, 0.1) is 5.92 Å². The van der Waals surface area contributed by atoms with Crippen LogP contribution < -0.4 is 5.73 Å². The molecule has 0 aliphatic heterocycles. The molecule has 5 nitrogen and oxygen atoms in total. The molecule has 0 aromatic rings. The number of hydrogen-bond acceptors (Lipinski definition) is 4. The van der Waals surface area contributed by atoms with Gasteiger partial charge in [0, 0.05) is 5.92 Å². The summed E-state index contributed by atoms with van der Waals surface area (Å²) in [5.41, 5.74) is 2.71. The Morgan fingerprint density at radius 1 is 1.14 bits per heavy atom. The summed E-state index contributed by atoms with van der Waals surface area (Å²) in [5, 5.41) is 28.2. The average molecular weight is 205 g/mol. The van der Waals surface area contributed by atoms with Crippen LogP contribution in [0.25, 0.3) is 0 Å². The van der Waals surface area contributed by atoms with E-state index in [9.17, 15) is 15.0 Å². The Morgan fingerprint density at radius 2 is 1.43 bits per heavy atom. The molecule has 0 spiro atoms. The fourth-order valence-corrected chi connectivity index (χ4v) is 1.89. The second-order valence-electron chi connectivity index (χ2n) is 4.65. The second-order valence-corrected chi connectivity index (χ2v) is 4.65. The predicted octanol–water partition coefficient (Wildman–Crippen LogP) is -0.444. The summed E-state index contributed by atoms with van der Waals surface area (Å²) in [6.45, 7) is 5.72. The monoisotopic (exact) mass is 205 g/mol. The minimum Gasteiger partial charge on any atom is -0.480 e. The van der Waals surface area contributed by atoms with Crippen molar-refractivity contribution in [2.45, 2.75) is 44.9 Å². The number of carbonyl (C=O) groups is 1. The van der Waals surface area contributed by atoms with Gasteiger partial charge >= 0.3 is 5.97 Å². The smallest absolute Gasteiger partial charge is 0.320 e. The SMILES string of the molecule is CC(C)(O)C([C@H](N)C(=O)O)C(C)(C)O. The summed E-state index contributed by atoms with van der Waals surface area (Å²) in [6.07, 6.45) is 0. The second kappa shape index (κ2) is 3.84. The molecule has 0 bridgehead atoms. The molecule has 14 heavy (non-hydrogen) atoms. The van der Waals surface area contributed by atoms with E-state index in [1.807, 2.05) is 0 Å². The highest BCUT2D eigenvalue weighted by Crippen LogP contribution is 2.30. The number of aliphatic carboxylic acids is 1. The Labute approximate surface area is 83.5 Å². The molecular formula is C9H19NO4. The van der Waals surface area contributed by atoms with Gasteiger partial charge in [0.1, 0.15) is 6.04 Å².